The molecule has 110 valence electrons. The molecule has 0 aromatic heterocycles. The zero-order valence-electron chi connectivity index (χ0n) is 11.2. The summed E-state index contributed by atoms with van der Waals surface area (Å²) in [6, 6.07) is 9.99. The average molecular weight is 294 g/mol. The molecular formula is C16H13F3O2. The lowest BCUT2D eigenvalue weighted by atomic mass is 9.93. The van der Waals surface area contributed by atoms with E-state index in [1.54, 1.807) is 25.1 Å². The van der Waals surface area contributed by atoms with Gasteiger partial charge in [-0.2, -0.15) is 13.2 Å². The van der Waals surface area contributed by atoms with Gasteiger partial charge >= 0.3 is 12.1 Å². The highest BCUT2D eigenvalue weighted by Gasteiger charge is 2.30. The second-order valence-corrected chi connectivity index (χ2v) is 4.75. The molecule has 1 N–H and O–H groups in total. The zero-order valence-corrected chi connectivity index (χ0v) is 11.2. The number of alkyl halides is 3. The topological polar surface area (TPSA) is 37.3 Å². The van der Waals surface area contributed by atoms with E-state index >= 15 is 0 Å². The van der Waals surface area contributed by atoms with E-state index in [2.05, 4.69) is 0 Å². The van der Waals surface area contributed by atoms with Crippen molar-refractivity contribution >= 4 is 5.97 Å². The number of aliphatic carboxylic acids is 1. The third-order valence-electron chi connectivity index (χ3n) is 3.26. The third-order valence-corrected chi connectivity index (χ3v) is 3.26. The minimum absolute atomic E-state index is 0.164. The first kappa shape index (κ1) is 15.1. The van der Waals surface area contributed by atoms with Crippen LogP contribution in [0.15, 0.2) is 42.5 Å². The molecule has 0 radical (unpaired) electrons. The summed E-state index contributed by atoms with van der Waals surface area (Å²) < 4.78 is 37.7. The van der Waals surface area contributed by atoms with Crippen LogP contribution in [0.3, 0.4) is 0 Å². The minimum Gasteiger partial charge on any atom is -0.481 e. The Morgan fingerprint density at radius 3 is 2.24 bits per heavy atom. The van der Waals surface area contributed by atoms with Crippen molar-refractivity contribution in [3.05, 3.63) is 59.2 Å². The summed E-state index contributed by atoms with van der Waals surface area (Å²) in [5, 5.41) is 8.96. The smallest absolute Gasteiger partial charge is 0.416 e. The summed E-state index contributed by atoms with van der Waals surface area (Å²) >= 11 is 0. The zero-order chi connectivity index (χ0) is 15.6. The molecule has 21 heavy (non-hydrogen) atoms. The van der Waals surface area contributed by atoms with Crippen LogP contribution in [0.1, 0.15) is 16.7 Å². The Bertz CT molecular complexity index is 658. The second-order valence-electron chi connectivity index (χ2n) is 4.75. The standard InChI is InChI=1S/C16H13F3O2/c1-10-3-2-4-13(14(10)9-15(20)21)11-5-7-12(8-6-11)16(17,18)19/h2-8H,9H2,1H3,(H,20,21). The summed E-state index contributed by atoms with van der Waals surface area (Å²) in [6.45, 7) is 1.78. The fraction of sp³-hybridized carbons (Fsp3) is 0.188. The van der Waals surface area contributed by atoms with Crippen molar-refractivity contribution in [2.75, 3.05) is 0 Å². The number of rotatable bonds is 3. The van der Waals surface area contributed by atoms with E-state index in [4.69, 9.17) is 5.11 Å². The number of hydrogen-bond donors (Lipinski definition) is 1. The SMILES string of the molecule is Cc1cccc(-c2ccc(C(F)(F)F)cc2)c1CC(=O)O. The highest BCUT2D eigenvalue weighted by molar-refractivity contribution is 5.77. The molecule has 0 aliphatic heterocycles. The minimum atomic E-state index is -4.38. The van der Waals surface area contributed by atoms with Crippen LogP contribution in [0.25, 0.3) is 11.1 Å². The number of carbonyl (C=O) groups is 1. The monoisotopic (exact) mass is 294 g/mol. The Labute approximate surface area is 119 Å². The largest absolute Gasteiger partial charge is 0.481 e. The van der Waals surface area contributed by atoms with Gasteiger partial charge in [-0.25, -0.2) is 0 Å². The van der Waals surface area contributed by atoms with Crippen LogP contribution in [0, 0.1) is 6.92 Å². The van der Waals surface area contributed by atoms with Gasteiger partial charge in [-0.15, -0.1) is 0 Å². The molecule has 2 rings (SSSR count). The van der Waals surface area contributed by atoms with E-state index in [9.17, 15) is 18.0 Å². The molecular weight excluding hydrogens is 281 g/mol. The molecule has 0 heterocycles. The average Bonchev–Trinajstić information content (AvgIpc) is 2.40. The van der Waals surface area contributed by atoms with Gasteiger partial charge in [-0.1, -0.05) is 30.3 Å². The van der Waals surface area contributed by atoms with Crippen LogP contribution >= 0.6 is 0 Å². The molecule has 0 fully saturated rings. The van der Waals surface area contributed by atoms with Gasteiger partial charge in [0.1, 0.15) is 0 Å². The van der Waals surface area contributed by atoms with Gasteiger partial charge in [0.15, 0.2) is 0 Å². The van der Waals surface area contributed by atoms with Crippen LogP contribution < -0.4 is 0 Å². The van der Waals surface area contributed by atoms with Gasteiger partial charge in [0.25, 0.3) is 0 Å². The summed E-state index contributed by atoms with van der Waals surface area (Å²) in [7, 11) is 0. The molecule has 0 saturated carbocycles. The first-order chi connectivity index (χ1) is 9.79. The Morgan fingerprint density at radius 2 is 1.71 bits per heavy atom. The van der Waals surface area contributed by atoms with E-state index in [-0.39, 0.29) is 6.42 Å². The highest BCUT2D eigenvalue weighted by Crippen LogP contribution is 2.32. The summed E-state index contributed by atoms with van der Waals surface area (Å²) in [5.41, 5.74) is 1.91. The van der Waals surface area contributed by atoms with Crippen LogP contribution in [-0.4, -0.2) is 11.1 Å². The molecule has 0 unspecified atom stereocenters. The molecule has 2 nitrogen and oxygen atoms in total. The van der Waals surface area contributed by atoms with Crippen LogP contribution in [0.2, 0.25) is 0 Å². The maximum Gasteiger partial charge on any atom is 0.416 e. The molecule has 0 aliphatic rings. The molecule has 0 spiro atoms. The summed E-state index contributed by atoms with van der Waals surface area (Å²) in [6.07, 6.45) is -4.54. The molecule has 5 heteroatoms. The molecule has 2 aromatic carbocycles. The van der Waals surface area contributed by atoms with E-state index < -0.39 is 17.7 Å². The van der Waals surface area contributed by atoms with Crippen molar-refractivity contribution in [2.45, 2.75) is 19.5 Å². The van der Waals surface area contributed by atoms with Crippen LogP contribution in [0.4, 0.5) is 13.2 Å². The molecule has 0 bridgehead atoms. The molecule has 0 saturated heterocycles. The van der Waals surface area contributed by atoms with Crippen LogP contribution in [0.5, 0.6) is 0 Å². The summed E-state index contributed by atoms with van der Waals surface area (Å²) in [4.78, 5) is 10.9. The fourth-order valence-corrected chi connectivity index (χ4v) is 2.20. The van der Waals surface area contributed by atoms with Gasteiger partial charge in [-0.05, 0) is 41.3 Å². The lowest BCUT2D eigenvalue weighted by molar-refractivity contribution is -0.138. The molecule has 2 aromatic rings. The second kappa shape index (κ2) is 5.60. The summed E-state index contributed by atoms with van der Waals surface area (Å²) in [5.74, 6) is -0.975. The molecule has 0 aliphatic carbocycles. The van der Waals surface area contributed by atoms with Gasteiger partial charge in [0.05, 0.1) is 12.0 Å². The predicted molar refractivity (Wildman–Crippen MR) is 73.0 cm³/mol. The maximum absolute atomic E-state index is 12.6. The maximum atomic E-state index is 12.6. The Morgan fingerprint density at radius 1 is 1.10 bits per heavy atom. The fourth-order valence-electron chi connectivity index (χ4n) is 2.20. The van der Waals surface area contributed by atoms with Crippen molar-refractivity contribution in [1.29, 1.82) is 0 Å². The lowest BCUT2D eigenvalue weighted by Gasteiger charge is -2.12. The first-order valence-corrected chi connectivity index (χ1v) is 6.27. The Hall–Kier alpha value is -2.30. The molecule has 0 atom stereocenters. The van der Waals surface area contributed by atoms with Crippen molar-refractivity contribution in [3.8, 4) is 11.1 Å². The van der Waals surface area contributed by atoms with E-state index in [1.165, 1.54) is 12.1 Å². The van der Waals surface area contributed by atoms with Crippen LogP contribution in [-0.2, 0) is 17.4 Å². The third kappa shape index (κ3) is 3.42. The number of benzene rings is 2. The predicted octanol–water partition coefficient (Wildman–Crippen LogP) is 4.31. The molecule has 0 amide bonds. The Kier molecular flexibility index (Phi) is 4.02. The highest BCUT2D eigenvalue weighted by atomic mass is 19.4. The Balaban J connectivity index is 2.47. The van der Waals surface area contributed by atoms with Crippen molar-refractivity contribution in [3.63, 3.8) is 0 Å². The number of halogens is 3. The van der Waals surface area contributed by atoms with E-state index in [0.717, 1.165) is 17.7 Å². The number of carboxylic acids is 1. The lowest BCUT2D eigenvalue weighted by Crippen LogP contribution is -2.05. The first-order valence-electron chi connectivity index (χ1n) is 6.27. The van der Waals surface area contributed by atoms with Gasteiger partial charge < -0.3 is 5.11 Å². The number of hydrogen-bond acceptors (Lipinski definition) is 1. The van der Waals surface area contributed by atoms with Gasteiger partial charge in [-0.3, -0.25) is 4.79 Å². The number of carboxylic acid groups (broad SMARTS) is 1. The normalized spacial score (nSPS) is 11.4. The van der Waals surface area contributed by atoms with Gasteiger partial charge in [0.2, 0.25) is 0 Å². The van der Waals surface area contributed by atoms with Gasteiger partial charge in [0, 0.05) is 0 Å². The van der Waals surface area contributed by atoms with Crippen molar-refractivity contribution in [1.82, 2.24) is 0 Å². The van der Waals surface area contributed by atoms with Crippen molar-refractivity contribution < 1.29 is 23.1 Å². The van der Waals surface area contributed by atoms with E-state index in [0.29, 0.717) is 16.7 Å². The van der Waals surface area contributed by atoms with Crippen molar-refractivity contribution in [2.24, 2.45) is 0 Å². The number of aryl methyl sites for hydroxylation is 1. The quantitative estimate of drug-likeness (QED) is 0.916. The van der Waals surface area contributed by atoms with E-state index in [1.807, 2.05) is 0 Å².